The van der Waals surface area contributed by atoms with E-state index in [9.17, 15) is 4.79 Å². The summed E-state index contributed by atoms with van der Waals surface area (Å²) in [4.78, 5) is 15.4. The Hall–Kier alpha value is -0.920. The lowest BCUT2D eigenvalue weighted by molar-refractivity contribution is 0.0701. The van der Waals surface area contributed by atoms with Crippen LogP contribution in [0.1, 0.15) is 15.4 Å². The second kappa shape index (κ2) is 5.38. The minimum atomic E-state index is -0.954. The molecule has 4 nitrogen and oxygen atoms in total. The highest BCUT2D eigenvalue weighted by molar-refractivity contribution is 9.11. The van der Waals surface area contributed by atoms with Gasteiger partial charge in [0.15, 0.2) is 5.13 Å². The van der Waals surface area contributed by atoms with Gasteiger partial charge in [-0.05, 0) is 50.9 Å². The highest BCUT2D eigenvalue weighted by Crippen LogP contribution is 2.34. The van der Waals surface area contributed by atoms with Crippen LogP contribution in [0.4, 0.5) is 10.8 Å². The van der Waals surface area contributed by atoms with Crippen molar-refractivity contribution in [3.63, 3.8) is 0 Å². The summed E-state index contributed by atoms with van der Waals surface area (Å²) in [5, 5.41) is 12.6. The first kappa shape index (κ1) is 13.5. The highest BCUT2D eigenvalue weighted by atomic mass is 79.9. The predicted octanol–water partition coefficient (Wildman–Crippen LogP) is 4.42. The second-order valence-corrected chi connectivity index (χ2v) is 6.17. The summed E-state index contributed by atoms with van der Waals surface area (Å²) in [5.41, 5.74) is 1.33. The van der Waals surface area contributed by atoms with E-state index < -0.39 is 5.97 Å². The van der Waals surface area contributed by atoms with Crippen LogP contribution in [0.15, 0.2) is 27.1 Å². The van der Waals surface area contributed by atoms with Gasteiger partial charge in [0.25, 0.3) is 0 Å². The molecular formula is C11H8Br2N2O2S. The number of carboxylic acid groups (broad SMARTS) is 1. The summed E-state index contributed by atoms with van der Waals surface area (Å²) in [7, 11) is 0. The van der Waals surface area contributed by atoms with E-state index in [1.165, 1.54) is 0 Å². The van der Waals surface area contributed by atoms with Crippen LogP contribution >= 0.6 is 43.2 Å². The molecule has 0 fully saturated rings. The van der Waals surface area contributed by atoms with E-state index in [-0.39, 0.29) is 4.88 Å². The normalized spacial score (nSPS) is 10.4. The fourth-order valence-electron chi connectivity index (χ4n) is 1.37. The van der Waals surface area contributed by atoms with E-state index in [4.69, 9.17) is 5.11 Å². The fraction of sp³-hybridized carbons (Fsp3) is 0.0909. The van der Waals surface area contributed by atoms with Gasteiger partial charge in [0, 0.05) is 8.95 Å². The lowest BCUT2D eigenvalue weighted by Gasteiger charge is -2.07. The number of hydrogen-bond donors (Lipinski definition) is 2. The van der Waals surface area contributed by atoms with Crippen LogP contribution in [0.25, 0.3) is 0 Å². The number of thiazole rings is 1. The number of benzene rings is 1. The Bertz CT molecular complexity index is 593. The zero-order valence-electron chi connectivity index (χ0n) is 9.20. The largest absolute Gasteiger partial charge is 0.477 e. The third-order valence-corrected chi connectivity index (χ3v) is 4.57. The number of hydrogen-bond acceptors (Lipinski definition) is 4. The van der Waals surface area contributed by atoms with Crippen molar-refractivity contribution in [1.82, 2.24) is 4.98 Å². The van der Waals surface area contributed by atoms with Crippen LogP contribution in [-0.2, 0) is 0 Å². The molecule has 0 aliphatic rings. The van der Waals surface area contributed by atoms with Crippen molar-refractivity contribution in [3.8, 4) is 0 Å². The van der Waals surface area contributed by atoms with Crippen molar-refractivity contribution in [3.05, 3.63) is 37.7 Å². The fourth-order valence-corrected chi connectivity index (χ4v) is 3.38. The molecule has 0 unspecified atom stereocenters. The highest BCUT2D eigenvalue weighted by Gasteiger charge is 2.15. The smallest absolute Gasteiger partial charge is 0.347 e. The molecule has 0 amide bonds. The van der Waals surface area contributed by atoms with Crippen molar-refractivity contribution in [2.24, 2.45) is 0 Å². The van der Waals surface area contributed by atoms with Gasteiger partial charge in [0.1, 0.15) is 4.88 Å². The van der Waals surface area contributed by atoms with Crippen molar-refractivity contribution in [1.29, 1.82) is 0 Å². The number of rotatable bonds is 3. The van der Waals surface area contributed by atoms with Crippen molar-refractivity contribution >= 4 is 60.0 Å². The lowest BCUT2D eigenvalue weighted by Crippen LogP contribution is -1.94. The van der Waals surface area contributed by atoms with E-state index >= 15 is 0 Å². The molecule has 0 radical (unpaired) electrons. The Balaban J connectivity index is 2.35. The van der Waals surface area contributed by atoms with Gasteiger partial charge in [-0.25, -0.2) is 9.78 Å². The number of para-hydroxylation sites is 1. The molecule has 0 saturated carbocycles. The Morgan fingerprint density at radius 2 is 2.00 bits per heavy atom. The first-order chi connectivity index (χ1) is 8.49. The number of anilines is 2. The number of aryl methyl sites for hydroxylation is 1. The van der Waals surface area contributed by atoms with E-state index in [1.54, 1.807) is 6.92 Å². The summed E-state index contributed by atoms with van der Waals surface area (Å²) in [5.74, 6) is -0.954. The van der Waals surface area contributed by atoms with Crippen molar-refractivity contribution < 1.29 is 9.90 Å². The number of carbonyl (C=O) groups is 1. The average Bonchev–Trinajstić information content (AvgIpc) is 2.65. The number of aromatic carboxylic acids is 1. The number of halogens is 2. The van der Waals surface area contributed by atoms with E-state index in [0.29, 0.717) is 10.8 Å². The maximum atomic E-state index is 10.9. The molecule has 0 atom stereocenters. The molecule has 1 aromatic carbocycles. The van der Waals surface area contributed by atoms with Crippen LogP contribution in [0, 0.1) is 6.92 Å². The maximum Gasteiger partial charge on any atom is 0.347 e. The quantitative estimate of drug-likeness (QED) is 0.812. The third kappa shape index (κ3) is 2.73. The summed E-state index contributed by atoms with van der Waals surface area (Å²) >= 11 is 7.97. The second-order valence-electron chi connectivity index (χ2n) is 3.46. The summed E-state index contributed by atoms with van der Waals surface area (Å²) in [6.45, 7) is 1.68. The van der Waals surface area contributed by atoms with E-state index in [2.05, 4.69) is 42.2 Å². The molecule has 94 valence electrons. The number of nitrogens with zero attached hydrogens (tertiary/aromatic N) is 1. The minimum absolute atomic E-state index is 0.251. The van der Waals surface area contributed by atoms with Crippen LogP contribution in [-0.4, -0.2) is 16.1 Å². The zero-order valence-corrected chi connectivity index (χ0v) is 13.2. The third-order valence-electron chi connectivity index (χ3n) is 2.19. The Morgan fingerprint density at radius 3 is 2.50 bits per heavy atom. The number of aromatic nitrogens is 1. The lowest BCUT2D eigenvalue weighted by atomic mass is 10.3. The van der Waals surface area contributed by atoms with Gasteiger partial charge < -0.3 is 10.4 Å². The molecule has 0 aliphatic carbocycles. The molecular weight excluding hydrogens is 384 g/mol. The summed E-state index contributed by atoms with van der Waals surface area (Å²) < 4.78 is 1.75. The number of nitrogens with one attached hydrogen (secondary N) is 1. The summed E-state index contributed by atoms with van der Waals surface area (Å²) in [6.07, 6.45) is 0. The standard InChI is InChI=1S/C11H8Br2N2O2S/c1-5-9(10(16)17)18-11(14-5)15-8-6(12)3-2-4-7(8)13/h2-4H,1H3,(H,14,15)(H,16,17). The topological polar surface area (TPSA) is 62.2 Å². The van der Waals surface area contributed by atoms with Crippen molar-refractivity contribution in [2.45, 2.75) is 6.92 Å². The van der Waals surface area contributed by atoms with Crippen molar-refractivity contribution in [2.75, 3.05) is 5.32 Å². The minimum Gasteiger partial charge on any atom is -0.477 e. The van der Waals surface area contributed by atoms with Crippen LogP contribution in [0.5, 0.6) is 0 Å². The van der Waals surface area contributed by atoms with Crippen LogP contribution in [0.3, 0.4) is 0 Å². The molecule has 2 N–H and O–H groups in total. The van der Waals surface area contributed by atoms with Crippen LogP contribution in [0.2, 0.25) is 0 Å². The summed E-state index contributed by atoms with van der Waals surface area (Å²) in [6, 6.07) is 5.69. The SMILES string of the molecule is Cc1nc(Nc2c(Br)cccc2Br)sc1C(=O)O. The molecule has 18 heavy (non-hydrogen) atoms. The number of carboxylic acids is 1. The van der Waals surface area contributed by atoms with Crippen LogP contribution < -0.4 is 5.32 Å². The molecule has 0 bridgehead atoms. The Labute approximate surface area is 124 Å². The monoisotopic (exact) mass is 390 g/mol. The molecule has 0 spiro atoms. The molecule has 1 aromatic heterocycles. The first-order valence-electron chi connectivity index (χ1n) is 4.91. The Kier molecular flexibility index (Phi) is 4.04. The van der Waals surface area contributed by atoms with E-state index in [0.717, 1.165) is 26.0 Å². The molecule has 7 heteroatoms. The predicted molar refractivity (Wildman–Crippen MR) is 78.9 cm³/mol. The van der Waals surface area contributed by atoms with Gasteiger partial charge in [-0.2, -0.15) is 0 Å². The van der Waals surface area contributed by atoms with Gasteiger partial charge in [-0.3, -0.25) is 0 Å². The van der Waals surface area contributed by atoms with E-state index in [1.807, 2.05) is 18.2 Å². The molecule has 2 rings (SSSR count). The van der Waals surface area contributed by atoms with Gasteiger partial charge in [0.05, 0.1) is 11.4 Å². The maximum absolute atomic E-state index is 10.9. The van der Waals surface area contributed by atoms with Gasteiger partial charge in [-0.1, -0.05) is 17.4 Å². The van der Waals surface area contributed by atoms with Gasteiger partial charge >= 0.3 is 5.97 Å². The molecule has 0 saturated heterocycles. The van der Waals surface area contributed by atoms with Gasteiger partial charge in [-0.15, -0.1) is 0 Å². The molecule has 1 heterocycles. The molecule has 2 aromatic rings. The average molecular weight is 392 g/mol. The Morgan fingerprint density at radius 1 is 1.39 bits per heavy atom. The first-order valence-corrected chi connectivity index (χ1v) is 7.31. The van der Waals surface area contributed by atoms with Gasteiger partial charge in [0.2, 0.25) is 0 Å². The molecule has 0 aliphatic heterocycles. The zero-order chi connectivity index (χ0) is 13.3.